The zero-order valence-corrected chi connectivity index (χ0v) is 11.8. The quantitative estimate of drug-likeness (QED) is 0.840. The molecule has 104 valence electrons. The van der Waals surface area contributed by atoms with Gasteiger partial charge >= 0.3 is 0 Å². The maximum absolute atomic E-state index is 12.3. The first kappa shape index (κ1) is 13.9. The fourth-order valence-electron chi connectivity index (χ4n) is 3.53. The fourth-order valence-corrected chi connectivity index (χ4v) is 3.53. The van der Waals surface area contributed by atoms with Crippen molar-refractivity contribution in [2.24, 2.45) is 11.8 Å². The Balaban J connectivity index is 1.84. The van der Waals surface area contributed by atoms with Crippen LogP contribution in [0.15, 0.2) is 0 Å². The second kappa shape index (κ2) is 5.60. The summed E-state index contributed by atoms with van der Waals surface area (Å²) in [7, 11) is 1.86. The Hall–Kier alpha value is -0.570. The molecule has 0 saturated heterocycles. The first-order chi connectivity index (χ1) is 8.50. The van der Waals surface area contributed by atoms with E-state index in [9.17, 15) is 9.90 Å². The Bertz CT molecular complexity index is 289. The highest BCUT2D eigenvalue weighted by atomic mass is 16.3. The maximum Gasteiger partial charge on any atom is 0.225 e. The van der Waals surface area contributed by atoms with Gasteiger partial charge in [0.2, 0.25) is 5.91 Å². The van der Waals surface area contributed by atoms with Gasteiger partial charge in [-0.15, -0.1) is 0 Å². The molecule has 0 spiro atoms. The van der Waals surface area contributed by atoms with Gasteiger partial charge < -0.3 is 10.0 Å². The molecule has 2 aliphatic rings. The molecule has 0 aliphatic heterocycles. The lowest BCUT2D eigenvalue weighted by atomic mass is 9.82. The summed E-state index contributed by atoms with van der Waals surface area (Å²) in [4.78, 5) is 14.1. The topological polar surface area (TPSA) is 40.5 Å². The van der Waals surface area contributed by atoms with Gasteiger partial charge in [-0.1, -0.05) is 19.8 Å². The van der Waals surface area contributed by atoms with Crippen LogP contribution in [0, 0.1) is 11.8 Å². The Labute approximate surface area is 111 Å². The van der Waals surface area contributed by atoms with Gasteiger partial charge in [0.05, 0.1) is 5.60 Å². The van der Waals surface area contributed by atoms with E-state index in [1.807, 2.05) is 7.05 Å². The third-order valence-corrected chi connectivity index (χ3v) is 4.81. The molecule has 3 heteroatoms. The van der Waals surface area contributed by atoms with Gasteiger partial charge in [0.15, 0.2) is 0 Å². The second-order valence-electron chi connectivity index (χ2n) is 6.58. The summed E-state index contributed by atoms with van der Waals surface area (Å²) in [5.41, 5.74) is -0.605. The molecular formula is C15H27NO2. The minimum atomic E-state index is -0.605. The molecule has 2 rings (SSSR count). The Morgan fingerprint density at radius 2 is 1.78 bits per heavy atom. The van der Waals surface area contributed by atoms with E-state index in [2.05, 4.69) is 6.92 Å². The van der Waals surface area contributed by atoms with E-state index >= 15 is 0 Å². The lowest BCUT2D eigenvalue weighted by Crippen LogP contribution is -2.44. The van der Waals surface area contributed by atoms with Gasteiger partial charge in [0.25, 0.3) is 0 Å². The van der Waals surface area contributed by atoms with Crippen molar-refractivity contribution in [3.05, 3.63) is 0 Å². The summed E-state index contributed by atoms with van der Waals surface area (Å²) in [6, 6.07) is 0. The van der Waals surface area contributed by atoms with Gasteiger partial charge in [-0.2, -0.15) is 0 Å². The number of carbonyl (C=O) groups is 1. The smallest absolute Gasteiger partial charge is 0.225 e. The molecule has 2 saturated carbocycles. The molecule has 2 fully saturated rings. The van der Waals surface area contributed by atoms with Crippen LogP contribution >= 0.6 is 0 Å². The van der Waals surface area contributed by atoms with E-state index < -0.39 is 5.60 Å². The van der Waals surface area contributed by atoms with E-state index in [4.69, 9.17) is 0 Å². The van der Waals surface area contributed by atoms with Crippen molar-refractivity contribution in [2.45, 2.75) is 63.9 Å². The summed E-state index contributed by atoms with van der Waals surface area (Å²) in [5.74, 6) is 1.23. The molecule has 0 bridgehead atoms. The summed E-state index contributed by atoms with van der Waals surface area (Å²) in [6.45, 7) is 2.80. The van der Waals surface area contributed by atoms with Crippen LogP contribution in [-0.4, -0.2) is 35.1 Å². The predicted octanol–water partition coefficient (Wildman–Crippen LogP) is 2.58. The zero-order chi connectivity index (χ0) is 13.2. The third-order valence-electron chi connectivity index (χ3n) is 4.81. The van der Waals surface area contributed by atoms with Crippen LogP contribution in [0.3, 0.4) is 0 Å². The number of hydrogen-bond acceptors (Lipinski definition) is 2. The van der Waals surface area contributed by atoms with Crippen LogP contribution in [0.2, 0.25) is 0 Å². The van der Waals surface area contributed by atoms with Gasteiger partial charge in [0, 0.05) is 19.5 Å². The van der Waals surface area contributed by atoms with Crippen LogP contribution < -0.4 is 0 Å². The normalized spacial score (nSPS) is 31.3. The Morgan fingerprint density at radius 3 is 2.33 bits per heavy atom. The number of rotatable bonds is 3. The van der Waals surface area contributed by atoms with Gasteiger partial charge in [-0.25, -0.2) is 0 Å². The van der Waals surface area contributed by atoms with Gasteiger partial charge in [-0.3, -0.25) is 4.79 Å². The molecule has 0 radical (unpaired) electrons. The monoisotopic (exact) mass is 253 g/mol. The molecule has 3 nitrogen and oxygen atoms in total. The minimum absolute atomic E-state index is 0.205. The van der Waals surface area contributed by atoms with Crippen LogP contribution in [0.1, 0.15) is 58.3 Å². The molecule has 1 amide bonds. The zero-order valence-electron chi connectivity index (χ0n) is 11.8. The average Bonchev–Trinajstić information content (AvgIpc) is 2.76. The first-order valence-corrected chi connectivity index (χ1v) is 7.47. The van der Waals surface area contributed by atoms with Crippen LogP contribution in [0.25, 0.3) is 0 Å². The molecule has 0 aromatic heterocycles. The van der Waals surface area contributed by atoms with Crippen LogP contribution in [0.5, 0.6) is 0 Å². The van der Waals surface area contributed by atoms with Gasteiger partial charge in [-0.05, 0) is 44.4 Å². The van der Waals surface area contributed by atoms with E-state index in [-0.39, 0.29) is 11.8 Å². The number of nitrogens with zero attached hydrogens (tertiary/aromatic N) is 1. The summed E-state index contributed by atoms with van der Waals surface area (Å²) in [5, 5.41) is 10.4. The van der Waals surface area contributed by atoms with Crippen LogP contribution in [0.4, 0.5) is 0 Å². The van der Waals surface area contributed by atoms with Crippen molar-refractivity contribution in [3.63, 3.8) is 0 Å². The van der Waals surface area contributed by atoms with Crippen molar-refractivity contribution in [1.82, 2.24) is 4.90 Å². The predicted molar refractivity (Wildman–Crippen MR) is 72.2 cm³/mol. The lowest BCUT2D eigenvalue weighted by Gasteiger charge is -2.33. The highest BCUT2D eigenvalue weighted by Gasteiger charge is 2.35. The highest BCUT2D eigenvalue weighted by molar-refractivity contribution is 5.78. The van der Waals surface area contributed by atoms with E-state index in [1.165, 1.54) is 12.8 Å². The van der Waals surface area contributed by atoms with E-state index in [0.717, 1.165) is 44.4 Å². The van der Waals surface area contributed by atoms with Gasteiger partial charge in [0.1, 0.15) is 0 Å². The first-order valence-electron chi connectivity index (χ1n) is 7.47. The SMILES string of the molecule is CC1CCC(C(=O)N(C)CC2(O)CCCC2)CC1. The molecule has 0 atom stereocenters. The standard InChI is InChI=1S/C15H27NO2/c1-12-5-7-13(8-6-12)14(17)16(2)11-15(18)9-3-4-10-15/h12-13,18H,3-11H2,1-2H3. The van der Waals surface area contributed by atoms with E-state index in [0.29, 0.717) is 6.54 Å². The van der Waals surface area contributed by atoms with Crippen molar-refractivity contribution in [2.75, 3.05) is 13.6 Å². The highest BCUT2D eigenvalue weighted by Crippen LogP contribution is 2.32. The molecule has 0 unspecified atom stereocenters. The summed E-state index contributed by atoms with van der Waals surface area (Å²) < 4.78 is 0. The van der Waals surface area contributed by atoms with Crippen molar-refractivity contribution in [3.8, 4) is 0 Å². The fraction of sp³-hybridized carbons (Fsp3) is 0.933. The summed E-state index contributed by atoms with van der Waals surface area (Å²) >= 11 is 0. The van der Waals surface area contributed by atoms with Crippen molar-refractivity contribution >= 4 is 5.91 Å². The molecule has 18 heavy (non-hydrogen) atoms. The van der Waals surface area contributed by atoms with Crippen molar-refractivity contribution in [1.29, 1.82) is 0 Å². The minimum Gasteiger partial charge on any atom is -0.388 e. The number of hydrogen-bond donors (Lipinski definition) is 1. The molecular weight excluding hydrogens is 226 g/mol. The number of aliphatic hydroxyl groups is 1. The molecule has 0 heterocycles. The maximum atomic E-state index is 12.3. The Morgan fingerprint density at radius 1 is 1.22 bits per heavy atom. The Kier molecular flexibility index (Phi) is 4.31. The molecule has 1 N–H and O–H groups in total. The van der Waals surface area contributed by atoms with Crippen molar-refractivity contribution < 1.29 is 9.90 Å². The number of amides is 1. The average molecular weight is 253 g/mol. The summed E-state index contributed by atoms with van der Waals surface area (Å²) in [6.07, 6.45) is 8.31. The van der Waals surface area contributed by atoms with Crippen LogP contribution in [-0.2, 0) is 4.79 Å². The number of carbonyl (C=O) groups excluding carboxylic acids is 1. The third kappa shape index (κ3) is 3.25. The number of likely N-dealkylation sites (N-methyl/N-ethyl adjacent to an activating group) is 1. The second-order valence-corrected chi connectivity index (χ2v) is 6.58. The lowest BCUT2D eigenvalue weighted by molar-refractivity contribution is -0.138. The largest absolute Gasteiger partial charge is 0.388 e. The molecule has 0 aromatic carbocycles. The molecule has 2 aliphatic carbocycles. The van der Waals surface area contributed by atoms with E-state index in [1.54, 1.807) is 4.90 Å². The molecule has 0 aromatic rings.